The highest BCUT2D eigenvalue weighted by Gasteiger charge is 2.22. The van der Waals surface area contributed by atoms with Gasteiger partial charge in [-0.15, -0.1) is 0 Å². The van der Waals surface area contributed by atoms with Crippen molar-refractivity contribution >= 4 is 16.8 Å². The molecule has 1 aromatic heterocycles. The molecule has 1 fully saturated rings. The van der Waals surface area contributed by atoms with Crippen molar-refractivity contribution in [2.24, 2.45) is 0 Å². The first-order chi connectivity index (χ1) is 12.7. The summed E-state index contributed by atoms with van der Waals surface area (Å²) in [7, 11) is 1.63. The second kappa shape index (κ2) is 7.22. The van der Waals surface area contributed by atoms with Crippen molar-refractivity contribution in [1.82, 2.24) is 14.8 Å². The predicted molar refractivity (Wildman–Crippen MR) is 102 cm³/mol. The summed E-state index contributed by atoms with van der Waals surface area (Å²) < 4.78 is 5.15. The molecule has 134 valence electrons. The average Bonchev–Trinajstić information content (AvgIpc) is 3.11. The van der Waals surface area contributed by atoms with Gasteiger partial charge in [0.1, 0.15) is 5.75 Å². The van der Waals surface area contributed by atoms with E-state index in [0.29, 0.717) is 0 Å². The third-order valence-electron chi connectivity index (χ3n) is 5.07. The van der Waals surface area contributed by atoms with E-state index >= 15 is 0 Å². The standard InChI is InChI=1S/C21H23N3O2/c1-26-18-8-6-16(7-9-18)21(25)24-12-10-23(11-13-24)15-17-14-22-20-5-3-2-4-19(17)20/h2-9,14,22H,10-13,15H2,1H3. The maximum atomic E-state index is 12.7. The monoisotopic (exact) mass is 349 g/mol. The van der Waals surface area contributed by atoms with Crippen LogP contribution >= 0.6 is 0 Å². The number of benzene rings is 2. The second-order valence-corrected chi connectivity index (χ2v) is 6.66. The highest BCUT2D eigenvalue weighted by atomic mass is 16.5. The first kappa shape index (κ1) is 16.7. The van der Waals surface area contributed by atoms with Crippen LogP contribution in [0.25, 0.3) is 10.9 Å². The van der Waals surface area contributed by atoms with E-state index in [4.69, 9.17) is 4.74 Å². The number of nitrogens with one attached hydrogen (secondary N) is 1. The second-order valence-electron chi connectivity index (χ2n) is 6.66. The third kappa shape index (κ3) is 3.30. The molecule has 5 heteroatoms. The number of methoxy groups -OCH3 is 1. The largest absolute Gasteiger partial charge is 0.497 e. The van der Waals surface area contributed by atoms with E-state index in [1.54, 1.807) is 7.11 Å². The molecule has 0 aliphatic carbocycles. The lowest BCUT2D eigenvalue weighted by molar-refractivity contribution is 0.0629. The fourth-order valence-electron chi connectivity index (χ4n) is 3.53. The van der Waals surface area contributed by atoms with Crippen LogP contribution in [0.2, 0.25) is 0 Å². The maximum Gasteiger partial charge on any atom is 0.253 e. The number of piperazine rings is 1. The first-order valence-electron chi connectivity index (χ1n) is 8.95. The Morgan fingerprint density at radius 2 is 1.77 bits per heavy atom. The SMILES string of the molecule is COc1ccc(C(=O)N2CCN(Cc3c[nH]c4ccccc34)CC2)cc1. The highest BCUT2D eigenvalue weighted by Crippen LogP contribution is 2.20. The van der Waals surface area contributed by atoms with Gasteiger partial charge in [-0.2, -0.15) is 0 Å². The summed E-state index contributed by atoms with van der Waals surface area (Å²) in [4.78, 5) is 20.3. The number of hydrogen-bond donors (Lipinski definition) is 1. The quantitative estimate of drug-likeness (QED) is 0.787. The highest BCUT2D eigenvalue weighted by molar-refractivity contribution is 5.94. The number of fused-ring (bicyclic) bond motifs is 1. The van der Waals surface area contributed by atoms with Gasteiger partial charge in [0.25, 0.3) is 5.91 Å². The van der Waals surface area contributed by atoms with Crippen LogP contribution in [0.4, 0.5) is 0 Å². The van der Waals surface area contributed by atoms with Crippen molar-refractivity contribution in [3.8, 4) is 5.75 Å². The molecule has 1 amide bonds. The topological polar surface area (TPSA) is 48.6 Å². The van der Waals surface area contributed by atoms with Gasteiger partial charge in [-0.25, -0.2) is 0 Å². The van der Waals surface area contributed by atoms with Gasteiger partial charge in [-0.3, -0.25) is 9.69 Å². The van der Waals surface area contributed by atoms with Gasteiger partial charge in [0.15, 0.2) is 0 Å². The van der Waals surface area contributed by atoms with E-state index in [2.05, 4.69) is 34.3 Å². The third-order valence-corrected chi connectivity index (χ3v) is 5.07. The zero-order chi connectivity index (χ0) is 17.9. The van der Waals surface area contributed by atoms with Crippen molar-refractivity contribution < 1.29 is 9.53 Å². The summed E-state index contributed by atoms with van der Waals surface area (Å²) in [6.07, 6.45) is 2.10. The molecule has 1 saturated heterocycles. The number of nitrogens with zero attached hydrogens (tertiary/aromatic N) is 2. The zero-order valence-corrected chi connectivity index (χ0v) is 14.9. The number of aromatic nitrogens is 1. The molecule has 1 N–H and O–H groups in total. The zero-order valence-electron chi connectivity index (χ0n) is 14.9. The van der Waals surface area contributed by atoms with Crippen LogP contribution in [0.15, 0.2) is 54.7 Å². The molecule has 1 aliphatic heterocycles. The van der Waals surface area contributed by atoms with Crippen LogP contribution < -0.4 is 4.74 Å². The lowest BCUT2D eigenvalue weighted by Crippen LogP contribution is -2.48. The molecule has 2 heterocycles. The Morgan fingerprint density at radius 3 is 2.50 bits per heavy atom. The van der Waals surface area contributed by atoms with Gasteiger partial charge in [0.2, 0.25) is 0 Å². The smallest absolute Gasteiger partial charge is 0.253 e. The molecule has 0 bridgehead atoms. The van der Waals surface area contributed by atoms with Crippen molar-refractivity contribution in [3.63, 3.8) is 0 Å². The molecule has 3 aromatic rings. The minimum absolute atomic E-state index is 0.0967. The summed E-state index contributed by atoms with van der Waals surface area (Å²) in [5.41, 5.74) is 3.21. The molecule has 1 aliphatic rings. The Bertz CT molecular complexity index is 893. The van der Waals surface area contributed by atoms with E-state index in [-0.39, 0.29) is 5.91 Å². The number of rotatable bonds is 4. The van der Waals surface area contributed by atoms with E-state index in [9.17, 15) is 4.79 Å². The molecule has 2 aromatic carbocycles. The molecule has 0 spiro atoms. The minimum Gasteiger partial charge on any atom is -0.497 e. The van der Waals surface area contributed by atoms with E-state index in [1.807, 2.05) is 35.2 Å². The number of amides is 1. The fourth-order valence-corrected chi connectivity index (χ4v) is 3.53. The number of aromatic amines is 1. The molecule has 26 heavy (non-hydrogen) atoms. The van der Waals surface area contributed by atoms with Crippen molar-refractivity contribution in [2.45, 2.75) is 6.54 Å². The normalized spacial score (nSPS) is 15.3. The number of carbonyl (C=O) groups excluding carboxylic acids is 1. The van der Waals surface area contributed by atoms with E-state index < -0.39 is 0 Å². The van der Waals surface area contributed by atoms with Crippen LogP contribution in [-0.4, -0.2) is 54.0 Å². The first-order valence-corrected chi connectivity index (χ1v) is 8.95. The Kier molecular flexibility index (Phi) is 4.63. The minimum atomic E-state index is 0.0967. The molecule has 0 atom stereocenters. The Morgan fingerprint density at radius 1 is 1.04 bits per heavy atom. The Balaban J connectivity index is 1.37. The van der Waals surface area contributed by atoms with Crippen molar-refractivity contribution in [2.75, 3.05) is 33.3 Å². The number of carbonyl (C=O) groups is 1. The lowest BCUT2D eigenvalue weighted by atomic mass is 10.1. The molecule has 0 unspecified atom stereocenters. The van der Waals surface area contributed by atoms with E-state index in [1.165, 1.54) is 16.5 Å². The number of hydrogen-bond acceptors (Lipinski definition) is 3. The van der Waals surface area contributed by atoms with Gasteiger partial charge < -0.3 is 14.6 Å². The van der Waals surface area contributed by atoms with Gasteiger partial charge in [-0.1, -0.05) is 18.2 Å². The maximum absolute atomic E-state index is 12.7. The molecule has 0 saturated carbocycles. The van der Waals surface area contributed by atoms with Crippen molar-refractivity contribution in [3.05, 3.63) is 65.9 Å². The average molecular weight is 349 g/mol. The summed E-state index contributed by atoms with van der Waals surface area (Å²) in [6.45, 7) is 4.21. The molecular formula is C21H23N3O2. The van der Waals surface area contributed by atoms with Gasteiger partial charge in [0.05, 0.1) is 7.11 Å². The molecule has 5 nitrogen and oxygen atoms in total. The lowest BCUT2D eigenvalue weighted by Gasteiger charge is -2.34. The van der Waals surface area contributed by atoms with Crippen LogP contribution in [0, 0.1) is 0 Å². The van der Waals surface area contributed by atoms with Gasteiger partial charge >= 0.3 is 0 Å². The Hall–Kier alpha value is -2.79. The number of ether oxygens (including phenoxy) is 1. The van der Waals surface area contributed by atoms with Crippen LogP contribution in [-0.2, 0) is 6.54 Å². The fraction of sp³-hybridized carbons (Fsp3) is 0.286. The molecule has 4 rings (SSSR count). The summed E-state index contributed by atoms with van der Waals surface area (Å²) >= 11 is 0. The molecule has 0 radical (unpaired) electrons. The summed E-state index contributed by atoms with van der Waals surface area (Å²) in [6, 6.07) is 15.7. The van der Waals surface area contributed by atoms with Crippen LogP contribution in [0.1, 0.15) is 15.9 Å². The van der Waals surface area contributed by atoms with Crippen LogP contribution in [0.3, 0.4) is 0 Å². The van der Waals surface area contributed by atoms with Crippen LogP contribution in [0.5, 0.6) is 5.75 Å². The summed E-state index contributed by atoms with van der Waals surface area (Å²) in [5, 5.41) is 1.28. The van der Waals surface area contributed by atoms with Gasteiger partial charge in [0, 0.05) is 55.4 Å². The Labute approximate surface area is 153 Å². The molecular weight excluding hydrogens is 326 g/mol. The van der Waals surface area contributed by atoms with Gasteiger partial charge in [-0.05, 0) is 35.9 Å². The number of H-pyrrole nitrogens is 1. The van der Waals surface area contributed by atoms with E-state index in [0.717, 1.165) is 44.0 Å². The predicted octanol–water partition coefficient (Wildman–Crippen LogP) is 3.13. The summed E-state index contributed by atoms with van der Waals surface area (Å²) in [5.74, 6) is 0.865. The van der Waals surface area contributed by atoms with Crippen molar-refractivity contribution in [1.29, 1.82) is 0 Å². The number of para-hydroxylation sites is 1.